The van der Waals surface area contributed by atoms with Crippen molar-refractivity contribution in [1.82, 2.24) is 0 Å². The van der Waals surface area contributed by atoms with E-state index in [0.29, 0.717) is 12.4 Å². The van der Waals surface area contributed by atoms with E-state index >= 15 is 0 Å². The van der Waals surface area contributed by atoms with E-state index in [1.54, 1.807) is 12.1 Å². The van der Waals surface area contributed by atoms with Crippen molar-refractivity contribution in [2.24, 2.45) is 5.92 Å². The van der Waals surface area contributed by atoms with Gasteiger partial charge in [-0.2, -0.15) is 0 Å². The van der Waals surface area contributed by atoms with Crippen LogP contribution in [0.4, 0.5) is 0 Å². The van der Waals surface area contributed by atoms with Crippen molar-refractivity contribution in [3.05, 3.63) is 29.8 Å². The van der Waals surface area contributed by atoms with E-state index < -0.39 is 5.97 Å². The predicted octanol–water partition coefficient (Wildman–Crippen LogP) is 6.16. The Morgan fingerprint density at radius 3 is 2.19 bits per heavy atom. The fourth-order valence-electron chi connectivity index (χ4n) is 3.55. The second kappa shape index (κ2) is 15.5. The van der Waals surface area contributed by atoms with Gasteiger partial charge in [0.1, 0.15) is 5.75 Å². The SMILES string of the molecule is CCCCCCCCCCC(CCCC)CCOc1cccc(C(=O)[O-])c1. The van der Waals surface area contributed by atoms with Gasteiger partial charge in [-0.1, -0.05) is 103 Å². The molecular formula is C24H39O3-. The minimum absolute atomic E-state index is 0.175. The molecule has 1 rings (SSSR count). The van der Waals surface area contributed by atoms with E-state index in [1.807, 2.05) is 6.07 Å². The van der Waals surface area contributed by atoms with Gasteiger partial charge in [0.15, 0.2) is 0 Å². The van der Waals surface area contributed by atoms with Crippen molar-refractivity contribution in [3.8, 4) is 5.75 Å². The first-order chi connectivity index (χ1) is 13.2. The van der Waals surface area contributed by atoms with Crippen molar-refractivity contribution in [3.63, 3.8) is 0 Å². The number of ether oxygens (including phenoxy) is 1. The van der Waals surface area contributed by atoms with E-state index in [0.717, 1.165) is 12.3 Å². The first-order valence-corrected chi connectivity index (χ1v) is 11.1. The lowest BCUT2D eigenvalue weighted by Gasteiger charge is -2.17. The number of hydrogen-bond donors (Lipinski definition) is 0. The molecule has 0 amide bonds. The van der Waals surface area contributed by atoms with Crippen LogP contribution in [-0.2, 0) is 0 Å². The molecule has 3 heteroatoms. The summed E-state index contributed by atoms with van der Waals surface area (Å²) in [5.41, 5.74) is 0.175. The van der Waals surface area contributed by atoms with Crippen LogP contribution < -0.4 is 9.84 Å². The van der Waals surface area contributed by atoms with Crippen LogP contribution in [0.25, 0.3) is 0 Å². The summed E-state index contributed by atoms with van der Waals surface area (Å²) in [4.78, 5) is 10.9. The Morgan fingerprint density at radius 1 is 0.889 bits per heavy atom. The zero-order valence-corrected chi connectivity index (χ0v) is 17.5. The standard InChI is InChI=1S/C24H40O3/c1-3-5-7-8-9-10-11-12-15-21(14-6-4-2)18-19-27-23-17-13-16-22(20-23)24(25)26/h13,16-17,20-21H,3-12,14-15,18-19H2,1-2H3,(H,25,26)/p-1. The fourth-order valence-corrected chi connectivity index (χ4v) is 3.55. The molecular weight excluding hydrogens is 336 g/mol. The van der Waals surface area contributed by atoms with Crippen LogP contribution in [0.2, 0.25) is 0 Å². The molecule has 1 aromatic rings. The second-order valence-corrected chi connectivity index (χ2v) is 7.72. The summed E-state index contributed by atoms with van der Waals surface area (Å²) in [6, 6.07) is 6.60. The normalized spacial score (nSPS) is 12.1. The van der Waals surface area contributed by atoms with Crippen LogP contribution in [0, 0.1) is 5.92 Å². The molecule has 0 heterocycles. The average Bonchev–Trinajstić information content (AvgIpc) is 2.67. The van der Waals surface area contributed by atoms with Gasteiger partial charge in [0, 0.05) is 5.56 Å². The number of carboxylic acid groups (broad SMARTS) is 1. The molecule has 0 saturated carbocycles. The van der Waals surface area contributed by atoms with Gasteiger partial charge in [-0.05, 0) is 24.5 Å². The number of aromatic carboxylic acids is 1. The van der Waals surface area contributed by atoms with Gasteiger partial charge in [0.05, 0.1) is 12.6 Å². The van der Waals surface area contributed by atoms with Crippen LogP contribution in [0.5, 0.6) is 5.75 Å². The Labute approximate surface area is 166 Å². The van der Waals surface area contributed by atoms with Crippen LogP contribution in [-0.4, -0.2) is 12.6 Å². The van der Waals surface area contributed by atoms with E-state index in [-0.39, 0.29) is 5.56 Å². The van der Waals surface area contributed by atoms with E-state index in [9.17, 15) is 9.90 Å². The maximum Gasteiger partial charge on any atom is 0.119 e. The molecule has 0 N–H and O–H groups in total. The Kier molecular flexibility index (Phi) is 13.5. The highest BCUT2D eigenvalue weighted by Crippen LogP contribution is 2.22. The number of carbonyl (C=O) groups is 1. The summed E-state index contributed by atoms with van der Waals surface area (Å²) in [6.07, 6.45) is 17.0. The number of carbonyl (C=O) groups excluding carboxylic acids is 1. The van der Waals surface area contributed by atoms with E-state index in [2.05, 4.69) is 13.8 Å². The Morgan fingerprint density at radius 2 is 1.52 bits per heavy atom. The number of benzene rings is 1. The first kappa shape index (κ1) is 23.5. The van der Waals surface area contributed by atoms with E-state index in [1.165, 1.54) is 83.1 Å². The van der Waals surface area contributed by atoms with Crippen LogP contribution >= 0.6 is 0 Å². The minimum atomic E-state index is -1.16. The smallest absolute Gasteiger partial charge is 0.119 e. The highest BCUT2D eigenvalue weighted by Gasteiger charge is 2.09. The minimum Gasteiger partial charge on any atom is -0.545 e. The molecule has 0 saturated heterocycles. The first-order valence-electron chi connectivity index (χ1n) is 11.1. The molecule has 0 aliphatic rings. The summed E-state index contributed by atoms with van der Waals surface area (Å²) in [5.74, 6) is 0.184. The third-order valence-corrected chi connectivity index (χ3v) is 5.30. The quantitative estimate of drug-likeness (QED) is 0.307. The molecule has 27 heavy (non-hydrogen) atoms. The van der Waals surface area contributed by atoms with Gasteiger partial charge in [0.25, 0.3) is 0 Å². The van der Waals surface area contributed by atoms with Crippen LogP contribution in [0.15, 0.2) is 24.3 Å². The number of hydrogen-bond acceptors (Lipinski definition) is 3. The molecule has 1 atom stereocenters. The van der Waals surface area contributed by atoms with Crippen molar-refractivity contribution < 1.29 is 14.6 Å². The van der Waals surface area contributed by atoms with Gasteiger partial charge in [-0.15, -0.1) is 0 Å². The molecule has 0 radical (unpaired) electrons. The Bertz CT molecular complexity index is 498. The largest absolute Gasteiger partial charge is 0.545 e. The summed E-state index contributed by atoms with van der Waals surface area (Å²) in [7, 11) is 0. The van der Waals surface area contributed by atoms with Crippen molar-refractivity contribution in [2.45, 2.75) is 97.3 Å². The maximum atomic E-state index is 10.9. The lowest BCUT2D eigenvalue weighted by molar-refractivity contribution is -0.255. The van der Waals surface area contributed by atoms with Crippen molar-refractivity contribution in [2.75, 3.05) is 6.61 Å². The van der Waals surface area contributed by atoms with Gasteiger partial charge in [-0.3, -0.25) is 0 Å². The molecule has 0 aliphatic carbocycles. The van der Waals surface area contributed by atoms with Gasteiger partial charge < -0.3 is 14.6 Å². The zero-order valence-electron chi connectivity index (χ0n) is 17.5. The highest BCUT2D eigenvalue weighted by molar-refractivity contribution is 5.86. The highest BCUT2D eigenvalue weighted by atomic mass is 16.5. The predicted molar refractivity (Wildman–Crippen MR) is 111 cm³/mol. The van der Waals surface area contributed by atoms with Crippen molar-refractivity contribution in [1.29, 1.82) is 0 Å². The third kappa shape index (κ3) is 11.7. The lowest BCUT2D eigenvalue weighted by Crippen LogP contribution is -2.22. The third-order valence-electron chi connectivity index (χ3n) is 5.30. The summed E-state index contributed by atoms with van der Waals surface area (Å²) < 4.78 is 5.80. The summed E-state index contributed by atoms with van der Waals surface area (Å²) >= 11 is 0. The lowest BCUT2D eigenvalue weighted by atomic mass is 9.92. The molecule has 3 nitrogen and oxygen atoms in total. The number of unbranched alkanes of at least 4 members (excludes halogenated alkanes) is 8. The zero-order chi connectivity index (χ0) is 19.7. The number of rotatable bonds is 17. The monoisotopic (exact) mass is 375 g/mol. The Balaban J connectivity index is 2.25. The molecule has 0 fully saturated rings. The Hall–Kier alpha value is -1.51. The van der Waals surface area contributed by atoms with Crippen molar-refractivity contribution >= 4 is 5.97 Å². The van der Waals surface area contributed by atoms with Gasteiger partial charge in [0.2, 0.25) is 0 Å². The van der Waals surface area contributed by atoms with Crippen LogP contribution in [0.1, 0.15) is 108 Å². The summed E-state index contributed by atoms with van der Waals surface area (Å²) in [6.45, 7) is 5.16. The fraction of sp³-hybridized carbons (Fsp3) is 0.708. The maximum absolute atomic E-state index is 10.9. The van der Waals surface area contributed by atoms with Crippen LogP contribution in [0.3, 0.4) is 0 Å². The molecule has 1 aromatic carbocycles. The molecule has 0 spiro atoms. The average molecular weight is 376 g/mol. The van der Waals surface area contributed by atoms with Gasteiger partial charge in [-0.25, -0.2) is 0 Å². The summed E-state index contributed by atoms with van der Waals surface area (Å²) in [5, 5.41) is 10.9. The number of carboxylic acids is 1. The topological polar surface area (TPSA) is 49.4 Å². The molecule has 0 aliphatic heterocycles. The molecule has 1 unspecified atom stereocenters. The molecule has 0 aromatic heterocycles. The second-order valence-electron chi connectivity index (χ2n) is 7.72. The van der Waals surface area contributed by atoms with E-state index in [4.69, 9.17) is 4.74 Å². The van der Waals surface area contributed by atoms with Gasteiger partial charge >= 0.3 is 0 Å². The molecule has 154 valence electrons. The molecule has 0 bridgehead atoms.